The standard InChI is InChI=1S/C12H16BrFN2O/c1-8(16(2)3)7-15-12(17)10-6-9(13)4-5-11(10)14/h4-6,8H,7H2,1-3H3,(H,15,17). The summed E-state index contributed by atoms with van der Waals surface area (Å²) in [7, 11) is 3.85. The van der Waals surface area contributed by atoms with Crippen LogP contribution >= 0.6 is 15.9 Å². The third-order valence-electron chi connectivity index (χ3n) is 2.61. The molecule has 0 fully saturated rings. The van der Waals surface area contributed by atoms with Gasteiger partial charge in [-0.15, -0.1) is 0 Å². The molecule has 17 heavy (non-hydrogen) atoms. The van der Waals surface area contributed by atoms with Crippen LogP contribution in [0.25, 0.3) is 0 Å². The van der Waals surface area contributed by atoms with Crippen LogP contribution in [0.3, 0.4) is 0 Å². The smallest absolute Gasteiger partial charge is 0.254 e. The summed E-state index contributed by atoms with van der Waals surface area (Å²) in [5.41, 5.74) is 0.0605. The van der Waals surface area contributed by atoms with Crippen molar-refractivity contribution in [2.45, 2.75) is 13.0 Å². The SMILES string of the molecule is CC(CNC(=O)c1cc(Br)ccc1F)N(C)C. The summed E-state index contributed by atoms with van der Waals surface area (Å²) in [6.07, 6.45) is 0. The van der Waals surface area contributed by atoms with Crippen molar-refractivity contribution in [3.05, 3.63) is 34.1 Å². The van der Waals surface area contributed by atoms with Gasteiger partial charge in [-0.3, -0.25) is 4.79 Å². The Hall–Kier alpha value is -0.940. The first-order chi connectivity index (χ1) is 7.91. The Morgan fingerprint density at radius 1 is 1.53 bits per heavy atom. The Balaban J connectivity index is 2.67. The van der Waals surface area contributed by atoms with E-state index in [0.717, 1.165) is 0 Å². The molecule has 1 amide bonds. The highest BCUT2D eigenvalue weighted by molar-refractivity contribution is 9.10. The van der Waals surface area contributed by atoms with E-state index in [-0.39, 0.29) is 11.6 Å². The molecule has 5 heteroatoms. The summed E-state index contributed by atoms with van der Waals surface area (Å²) >= 11 is 3.21. The molecule has 1 aromatic rings. The molecule has 1 rings (SSSR count). The van der Waals surface area contributed by atoms with Crippen LogP contribution < -0.4 is 5.32 Å². The lowest BCUT2D eigenvalue weighted by Gasteiger charge is -2.20. The van der Waals surface area contributed by atoms with E-state index in [9.17, 15) is 9.18 Å². The fourth-order valence-electron chi connectivity index (χ4n) is 1.19. The lowest BCUT2D eigenvalue weighted by atomic mass is 10.2. The molecule has 1 N–H and O–H groups in total. The van der Waals surface area contributed by atoms with Gasteiger partial charge < -0.3 is 10.2 Å². The first-order valence-electron chi connectivity index (χ1n) is 5.31. The predicted octanol–water partition coefficient (Wildman–Crippen LogP) is 2.27. The van der Waals surface area contributed by atoms with Gasteiger partial charge >= 0.3 is 0 Å². The molecule has 1 aromatic carbocycles. The van der Waals surface area contributed by atoms with E-state index in [1.165, 1.54) is 12.1 Å². The van der Waals surface area contributed by atoms with Crippen molar-refractivity contribution in [1.29, 1.82) is 0 Å². The number of likely N-dealkylation sites (N-methyl/N-ethyl adjacent to an activating group) is 1. The van der Waals surface area contributed by atoms with Crippen molar-refractivity contribution in [3.63, 3.8) is 0 Å². The van der Waals surface area contributed by atoms with E-state index in [4.69, 9.17) is 0 Å². The molecular formula is C12H16BrFN2O. The maximum atomic E-state index is 13.4. The van der Waals surface area contributed by atoms with Gasteiger partial charge in [0.1, 0.15) is 5.82 Å². The quantitative estimate of drug-likeness (QED) is 0.925. The second kappa shape index (κ2) is 6.12. The van der Waals surface area contributed by atoms with Crippen molar-refractivity contribution < 1.29 is 9.18 Å². The average molecular weight is 303 g/mol. The first-order valence-corrected chi connectivity index (χ1v) is 6.10. The fraction of sp³-hybridized carbons (Fsp3) is 0.417. The van der Waals surface area contributed by atoms with E-state index in [2.05, 4.69) is 21.2 Å². The van der Waals surface area contributed by atoms with Crippen molar-refractivity contribution in [3.8, 4) is 0 Å². The van der Waals surface area contributed by atoms with Gasteiger partial charge in [-0.05, 0) is 39.2 Å². The normalized spacial score (nSPS) is 12.6. The van der Waals surface area contributed by atoms with Gasteiger partial charge in [-0.25, -0.2) is 4.39 Å². The minimum absolute atomic E-state index is 0.0605. The van der Waals surface area contributed by atoms with Gasteiger partial charge in [0.2, 0.25) is 0 Å². The molecule has 0 heterocycles. The highest BCUT2D eigenvalue weighted by atomic mass is 79.9. The molecule has 0 bridgehead atoms. The lowest BCUT2D eigenvalue weighted by molar-refractivity contribution is 0.0939. The fourth-order valence-corrected chi connectivity index (χ4v) is 1.55. The van der Waals surface area contributed by atoms with Crippen LogP contribution in [0.4, 0.5) is 4.39 Å². The minimum atomic E-state index is -0.511. The second-order valence-electron chi connectivity index (χ2n) is 4.15. The highest BCUT2D eigenvalue weighted by Gasteiger charge is 2.13. The zero-order valence-electron chi connectivity index (χ0n) is 10.1. The molecule has 0 aromatic heterocycles. The monoisotopic (exact) mass is 302 g/mol. The molecule has 3 nitrogen and oxygen atoms in total. The van der Waals surface area contributed by atoms with E-state index in [1.807, 2.05) is 25.9 Å². The zero-order valence-corrected chi connectivity index (χ0v) is 11.7. The highest BCUT2D eigenvalue weighted by Crippen LogP contribution is 2.15. The minimum Gasteiger partial charge on any atom is -0.350 e. The van der Waals surface area contributed by atoms with Gasteiger partial charge in [0.25, 0.3) is 5.91 Å². The Morgan fingerprint density at radius 3 is 2.76 bits per heavy atom. The molecule has 0 saturated carbocycles. The van der Waals surface area contributed by atoms with E-state index in [1.54, 1.807) is 6.07 Å². The van der Waals surface area contributed by atoms with Crippen LogP contribution in [0.5, 0.6) is 0 Å². The van der Waals surface area contributed by atoms with Gasteiger partial charge in [0.05, 0.1) is 5.56 Å². The Morgan fingerprint density at radius 2 is 2.18 bits per heavy atom. The average Bonchev–Trinajstić information content (AvgIpc) is 2.28. The Bertz CT molecular complexity index is 409. The first kappa shape index (κ1) is 14.1. The number of hydrogen-bond acceptors (Lipinski definition) is 2. The largest absolute Gasteiger partial charge is 0.350 e. The summed E-state index contributed by atoms with van der Waals surface area (Å²) in [6, 6.07) is 4.52. The molecule has 0 radical (unpaired) electrons. The number of hydrogen-bond donors (Lipinski definition) is 1. The molecule has 0 saturated heterocycles. The van der Waals surface area contributed by atoms with Crippen molar-refractivity contribution in [2.24, 2.45) is 0 Å². The van der Waals surface area contributed by atoms with Crippen LogP contribution in [-0.2, 0) is 0 Å². The Kier molecular flexibility index (Phi) is 5.08. The van der Waals surface area contributed by atoms with Gasteiger partial charge in [0.15, 0.2) is 0 Å². The molecule has 0 aliphatic carbocycles. The number of benzene rings is 1. The summed E-state index contributed by atoms with van der Waals surface area (Å²) in [6.45, 7) is 2.47. The lowest BCUT2D eigenvalue weighted by Crippen LogP contribution is -2.38. The van der Waals surface area contributed by atoms with Crippen LogP contribution in [-0.4, -0.2) is 37.5 Å². The third-order valence-corrected chi connectivity index (χ3v) is 3.11. The van der Waals surface area contributed by atoms with Crippen LogP contribution in [0, 0.1) is 5.82 Å². The van der Waals surface area contributed by atoms with Gasteiger partial charge in [-0.2, -0.15) is 0 Å². The topological polar surface area (TPSA) is 32.3 Å². The summed E-state index contributed by atoms with van der Waals surface area (Å²) in [4.78, 5) is 13.7. The summed E-state index contributed by atoms with van der Waals surface area (Å²) in [5, 5.41) is 2.71. The summed E-state index contributed by atoms with van der Waals surface area (Å²) in [5.74, 6) is -0.902. The van der Waals surface area contributed by atoms with Crippen molar-refractivity contribution in [2.75, 3.05) is 20.6 Å². The van der Waals surface area contributed by atoms with E-state index in [0.29, 0.717) is 11.0 Å². The molecule has 94 valence electrons. The van der Waals surface area contributed by atoms with Crippen molar-refractivity contribution >= 4 is 21.8 Å². The maximum Gasteiger partial charge on any atom is 0.254 e. The number of carbonyl (C=O) groups excluding carboxylic acids is 1. The third kappa shape index (κ3) is 4.09. The molecule has 1 unspecified atom stereocenters. The molecule has 0 aliphatic heterocycles. The number of carbonyl (C=O) groups is 1. The van der Waals surface area contributed by atoms with E-state index >= 15 is 0 Å². The number of halogens is 2. The van der Waals surface area contributed by atoms with E-state index < -0.39 is 11.7 Å². The summed E-state index contributed by atoms with van der Waals surface area (Å²) < 4.78 is 14.1. The Labute approximate surface area is 109 Å². The number of nitrogens with zero attached hydrogens (tertiary/aromatic N) is 1. The molecule has 0 aliphatic rings. The zero-order chi connectivity index (χ0) is 13.0. The van der Waals surface area contributed by atoms with Crippen LogP contribution in [0.2, 0.25) is 0 Å². The van der Waals surface area contributed by atoms with Gasteiger partial charge in [-0.1, -0.05) is 15.9 Å². The van der Waals surface area contributed by atoms with Crippen LogP contribution in [0.1, 0.15) is 17.3 Å². The van der Waals surface area contributed by atoms with Crippen molar-refractivity contribution in [1.82, 2.24) is 10.2 Å². The van der Waals surface area contributed by atoms with Gasteiger partial charge in [0, 0.05) is 17.1 Å². The molecule has 1 atom stereocenters. The number of amides is 1. The number of nitrogens with one attached hydrogen (secondary N) is 1. The predicted molar refractivity (Wildman–Crippen MR) is 69.6 cm³/mol. The second-order valence-corrected chi connectivity index (χ2v) is 5.06. The maximum absolute atomic E-state index is 13.4. The molecule has 0 spiro atoms. The molecular weight excluding hydrogens is 287 g/mol. The number of rotatable bonds is 4. The van der Waals surface area contributed by atoms with Crippen LogP contribution in [0.15, 0.2) is 22.7 Å².